The van der Waals surface area contributed by atoms with E-state index in [4.69, 9.17) is 9.84 Å². The largest absolute Gasteiger partial charge is 0.444 e. The van der Waals surface area contributed by atoms with Crippen molar-refractivity contribution >= 4 is 18.1 Å². The lowest BCUT2D eigenvalue weighted by Gasteiger charge is -2.19. The number of nitrogens with one attached hydrogen (secondary N) is 1. The second kappa shape index (κ2) is 10.5. The molecule has 5 nitrogen and oxygen atoms in total. The maximum atomic E-state index is 11.0. The van der Waals surface area contributed by atoms with Gasteiger partial charge in [0.2, 0.25) is 0 Å². The van der Waals surface area contributed by atoms with E-state index in [0.717, 1.165) is 12.0 Å². The van der Waals surface area contributed by atoms with Crippen LogP contribution in [0.15, 0.2) is 30.3 Å². The van der Waals surface area contributed by atoms with Crippen LogP contribution < -0.4 is 5.32 Å². The molecule has 0 aliphatic rings. The lowest BCUT2D eigenvalue weighted by atomic mass is 10.2. The molecule has 1 amide bonds. The Morgan fingerprint density at radius 2 is 1.90 bits per heavy atom. The lowest BCUT2D eigenvalue weighted by molar-refractivity contribution is 0.0535. The minimum Gasteiger partial charge on any atom is -0.444 e. The van der Waals surface area contributed by atoms with Gasteiger partial charge in [0.25, 0.3) is 0 Å². The molecule has 0 aromatic heterocycles. The van der Waals surface area contributed by atoms with Crippen LogP contribution in [0.2, 0.25) is 0 Å². The van der Waals surface area contributed by atoms with Crippen molar-refractivity contribution in [2.45, 2.75) is 33.3 Å². The molecule has 0 atom stereocenters. The quantitative estimate of drug-likeness (QED) is 0.508. The van der Waals surface area contributed by atoms with Gasteiger partial charge in [-0.15, -0.1) is 0 Å². The summed E-state index contributed by atoms with van der Waals surface area (Å²) in [5.41, 5.74) is 0.828. The second-order valence-corrected chi connectivity index (χ2v) is 5.60. The van der Waals surface area contributed by atoms with Gasteiger partial charge in [-0.1, -0.05) is 35.9 Å². The van der Waals surface area contributed by atoms with Gasteiger partial charge in [-0.25, -0.2) is 4.79 Å². The number of alkyl carbamates (subject to hydrolysis) is 1. The number of carbonyl (C=O) groups excluding carboxylic acids is 1. The van der Waals surface area contributed by atoms with Crippen LogP contribution in [0.1, 0.15) is 26.3 Å². The van der Waals surface area contributed by atoms with Crippen molar-refractivity contribution in [1.29, 1.82) is 0 Å². The Bertz CT molecular complexity index is 365. The SMILES string of the molecule is CC(C)(C)OC(=O)NCSOCO.Cc1ccccc1. The van der Waals surface area contributed by atoms with Crippen LogP contribution in [0.3, 0.4) is 0 Å². The fourth-order valence-electron chi connectivity index (χ4n) is 1.02. The Morgan fingerprint density at radius 1 is 1.30 bits per heavy atom. The first kappa shape index (κ1) is 18.8. The summed E-state index contributed by atoms with van der Waals surface area (Å²) in [7, 11) is 0. The first-order valence-electron chi connectivity index (χ1n) is 6.19. The third-order valence-electron chi connectivity index (χ3n) is 1.75. The molecule has 1 aromatic carbocycles. The minimum absolute atomic E-state index is 0.246. The second-order valence-electron chi connectivity index (χ2n) is 4.84. The molecular weight excluding hydrogens is 278 g/mol. The molecule has 0 radical (unpaired) electrons. The minimum atomic E-state index is -0.499. The maximum Gasteiger partial charge on any atom is 0.408 e. The summed E-state index contributed by atoms with van der Waals surface area (Å²) in [5, 5.41) is 10.7. The molecule has 1 aromatic rings. The number of carbonyl (C=O) groups is 1. The van der Waals surface area contributed by atoms with Gasteiger partial charge in [-0.2, -0.15) is 0 Å². The van der Waals surface area contributed by atoms with Gasteiger partial charge in [0.1, 0.15) is 5.60 Å². The van der Waals surface area contributed by atoms with Gasteiger partial charge < -0.3 is 15.2 Å². The normalized spacial score (nSPS) is 10.2. The Labute approximate surface area is 124 Å². The van der Waals surface area contributed by atoms with Crippen molar-refractivity contribution in [1.82, 2.24) is 5.32 Å². The summed E-state index contributed by atoms with van der Waals surface area (Å²) < 4.78 is 9.45. The predicted molar refractivity (Wildman–Crippen MR) is 81.2 cm³/mol. The molecule has 0 aliphatic heterocycles. The molecule has 0 saturated carbocycles. The third kappa shape index (κ3) is 13.2. The van der Waals surface area contributed by atoms with E-state index in [1.54, 1.807) is 20.8 Å². The van der Waals surface area contributed by atoms with E-state index in [2.05, 4.69) is 28.6 Å². The highest BCUT2D eigenvalue weighted by Gasteiger charge is 2.15. The molecule has 6 heteroatoms. The van der Waals surface area contributed by atoms with E-state index in [0.29, 0.717) is 0 Å². The number of hydrogen-bond acceptors (Lipinski definition) is 5. The molecule has 0 aliphatic carbocycles. The van der Waals surface area contributed by atoms with Gasteiger partial charge >= 0.3 is 6.09 Å². The summed E-state index contributed by atoms with van der Waals surface area (Å²) >= 11 is 0.946. The summed E-state index contributed by atoms with van der Waals surface area (Å²) in [6, 6.07) is 10.3. The van der Waals surface area contributed by atoms with E-state index >= 15 is 0 Å². The van der Waals surface area contributed by atoms with Crippen molar-refractivity contribution in [3.8, 4) is 0 Å². The fourth-order valence-corrected chi connectivity index (χ4v) is 1.35. The van der Waals surface area contributed by atoms with Crippen LogP contribution in [0.25, 0.3) is 0 Å². The zero-order chi connectivity index (χ0) is 15.4. The van der Waals surface area contributed by atoms with E-state index in [1.165, 1.54) is 5.56 Å². The topological polar surface area (TPSA) is 67.8 Å². The average Bonchev–Trinajstić information content (AvgIpc) is 2.34. The Kier molecular flexibility index (Phi) is 9.88. The van der Waals surface area contributed by atoms with E-state index in [9.17, 15) is 4.79 Å². The highest BCUT2D eigenvalue weighted by Crippen LogP contribution is 2.07. The highest BCUT2D eigenvalue weighted by molar-refractivity contribution is 7.94. The van der Waals surface area contributed by atoms with Crippen molar-refractivity contribution in [3.05, 3.63) is 35.9 Å². The van der Waals surface area contributed by atoms with Crippen molar-refractivity contribution < 1.29 is 18.8 Å². The summed E-state index contributed by atoms with van der Waals surface area (Å²) in [5.74, 6) is 0.246. The number of benzene rings is 1. The van der Waals surface area contributed by atoms with E-state index < -0.39 is 11.7 Å². The van der Waals surface area contributed by atoms with Gasteiger partial charge in [0.15, 0.2) is 6.79 Å². The van der Waals surface area contributed by atoms with Crippen LogP contribution in [-0.4, -0.2) is 29.5 Å². The molecule has 1 rings (SSSR count). The Morgan fingerprint density at radius 3 is 2.30 bits per heavy atom. The summed E-state index contributed by atoms with van der Waals surface area (Å²) in [6.07, 6.45) is -0.499. The van der Waals surface area contributed by atoms with Crippen LogP contribution >= 0.6 is 12.0 Å². The zero-order valence-corrected chi connectivity index (χ0v) is 13.2. The average molecular weight is 301 g/mol. The van der Waals surface area contributed by atoms with Gasteiger partial charge in [0.05, 0.1) is 5.88 Å². The molecule has 2 N–H and O–H groups in total. The van der Waals surface area contributed by atoms with Crippen molar-refractivity contribution in [3.63, 3.8) is 0 Å². The molecule has 0 spiro atoms. The number of hydrogen-bond donors (Lipinski definition) is 2. The van der Waals surface area contributed by atoms with Crippen molar-refractivity contribution in [2.75, 3.05) is 12.7 Å². The smallest absolute Gasteiger partial charge is 0.408 e. The van der Waals surface area contributed by atoms with Gasteiger partial charge in [-0.3, -0.25) is 4.18 Å². The van der Waals surface area contributed by atoms with E-state index in [-0.39, 0.29) is 12.7 Å². The molecule has 0 heterocycles. The summed E-state index contributed by atoms with van der Waals surface area (Å²) in [4.78, 5) is 11.0. The molecule has 0 fully saturated rings. The number of aryl methyl sites for hydroxylation is 1. The monoisotopic (exact) mass is 301 g/mol. The maximum absolute atomic E-state index is 11.0. The number of aliphatic hydroxyl groups is 1. The van der Waals surface area contributed by atoms with Crippen LogP contribution in [0.5, 0.6) is 0 Å². The number of rotatable bonds is 4. The Balaban J connectivity index is 0.000000428. The van der Waals surface area contributed by atoms with Crippen LogP contribution in [0, 0.1) is 6.92 Å². The van der Waals surface area contributed by atoms with Crippen LogP contribution in [0.4, 0.5) is 4.79 Å². The molecule has 114 valence electrons. The third-order valence-corrected chi connectivity index (χ3v) is 2.29. The fraction of sp³-hybridized carbons (Fsp3) is 0.500. The lowest BCUT2D eigenvalue weighted by Crippen LogP contribution is -2.32. The molecular formula is C14H23NO4S. The van der Waals surface area contributed by atoms with Crippen LogP contribution in [-0.2, 0) is 8.92 Å². The molecule has 20 heavy (non-hydrogen) atoms. The predicted octanol–water partition coefficient (Wildman–Crippen LogP) is 3.08. The van der Waals surface area contributed by atoms with Gasteiger partial charge in [0, 0.05) is 12.0 Å². The Hall–Kier alpha value is -1.24. The molecule has 0 saturated heterocycles. The first-order valence-corrected chi connectivity index (χ1v) is 7.10. The molecule has 0 bridgehead atoms. The number of amides is 1. The van der Waals surface area contributed by atoms with Gasteiger partial charge in [-0.05, 0) is 27.7 Å². The number of ether oxygens (including phenoxy) is 1. The molecule has 0 unspecified atom stereocenters. The van der Waals surface area contributed by atoms with E-state index in [1.807, 2.05) is 18.2 Å². The zero-order valence-electron chi connectivity index (χ0n) is 12.4. The summed E-state index contributed by atoms with van der Waals surface area (Å²) in [6.45, 7) is 7.05. The first-order chi connectivity index (χ1) is 9.35. The standard InChI is InChI=1S/C7H15NO4S.C7H8/c1-7(2,3)12-6(10)8-4-13-11-5-9;1-7-5-3-2-4-6-7/h9H,4-5H2,1-3H3,(H,8,10);2-6H,1H3. The van der Waals surface area contributed by atoms with Crippen molar-refractivity contribution in [2.24, 2.45) is 0 Å². The highest BCUT2D eigenvalue weighted by atomic mass is 32.2. The number of aliphatic hydroxyl groups excluding tert-OH is 1.